The smallest absolute Gasteiger partial charge is 0.0127 e. The van der Waals surface area contributed by atoms with Crippen molar-refractivity contribution in [1.82, 2.24) is 4.90 Å². The highest BCUT2D eigenvalue weighted by Crippen LogP contribution is 2.52. The molecular weight excluding hydrogens is 184 g/mol. The van der Waals surface area contributed by atoms with Crippen LogP contribution in [0.4, 0.5) is 0 Å². The predicted molar refractivity (Wildman–Crippen MR) is 62.7 cm³/mol. The first kappa shape index (κ1) is 10.1. The van der Waals surface area contributed by atoms with E-state index in [0.717, 1.165) is 18.1 Å². The van der Waals surface area contributed by atoms with Crippen LogP contribution in [-0.4, -0.2) is 29.1 Å². The van der Waals surface area contributed by atoms with Gasteiger partial charge < -0.3 is 5.73 Å². The summed E-state index contributed by atoms with van der Waals surface area (Å²) >= 11 is 0. The summed E-state index contributed by atoms with van der Waals surface area (Å²) in [6.07, 6.45) is 8.18. The summed E-state index contributed by atoms with van der Waals surface area (Å²) in [4.78, 5) is 2.83. The van der Waals surface area contributed by atoms with Crippen LogP contribution in [-0.2, 0) is 0 Å². The first-order valence-corrected chi connectivity index (χ1v) is 6.63. The van der Waals surface area contributed by atoms with Crippen molar-refractivity contribution in [2.45, 2.75) is 76.5 Å². The molecule has 2 nitrogen and oxygen atoms in total. The fourth-order valence-corrected chi connectivity index (χ4v) is 3.86. The quantitative estimate of drug-likeness (QED) is 0.753. The van der Waals surface area contributed by atoms with Crippen LogP contribution < -0.4 is 5.73 Å². The standard InChI is InChI=1S/C13H24N2/c1-9(13(2)5-6-13)15-11-3-4-12(15)8-10(14)7-11/h9-12H,3-8,14H2,1-2H3. The van der Waals surface area contributed by atoms with Crippen molar-refractivity contribution >= 4 is 0 Å². The average Bonchev–Trinajstić information content (AvgIpc) is 2.87. The number of nitrogens with zero attached hydrogens (tertiary/aromatic N) is 1. The minimum atomic E-state index is 0.484. The average molecular weight is 208 g/mol. The lowest BCUT2D eigenvalue weighted by molar-refractivity contribution is 0.0524. The Bertz CT molecular complexity index is 245. The van der Waals surface area contributed by atoms with E-state index in [9.17, 15) is 0 Å². The zero-order valence-corrected chi connectivity index (χ0v) is 10.1. The molecule has 3 atom stereocenters. The Morgan fingerprint density at radius 2 is 1.73 bits per heavy atom. The third kappa shape index (κ3) is 1.53. The van der Waals surface area contributed by atoms with Gasteiger partial charge >= 0.3 is 0 Å². The van der Waals surface area contributed by atoms with E-state index in [1.54, 1.807) is 0 Å². The van der Waals surface area contributed by atoms with E-state index in [4.69, 9.17) is 5.73 Å². The molecule has 86 valence electrons. The molecule has 0 amide bonds. The second-order valence-electron chi connectivity index (χ2n) is 6.39. The Morgan fingerprint density at radius 1 is 1.20 bits per heavy atom. The zero-order chi connectivity index (χ0) is 10.6. The molecule has 0 radical (unpaired) electrons. The molecule has 3 unspecified atom stereocenters. The summed E-state index contributed by atoms with van der Waals surface area (Å²) in [5, 5.41) is 0. The van der Waals surface area contributed by atoms with Crippen LogP contribution in [0.2, 0.25) is 0 Å². The van der Waals surface area contributed by atoms with Gasteiger partial charge in [-0.1, -0.05) is 6.92 Å². The van der Waals surface area contributed by atoms with Crippen LogP contribution in [0.5, 0.6) is 0 Å². The van der Waals surface area contributed by atoms with Gasteiger partial charge in [0.05, 0.1) is 0 Å². The largest absolute Gasteiger partial charge is 0.328 e. The van der Waals surface area contributed by atoms with Crippen molar-refractivity contribution in [3.05, 3.63) is 0 Å². The molecule has 2 bridgehead atoms. The topological polar surface area (TPSA) is 29.3 Å². The first-order valence-electron chi connectivity index (χ1n) is 6.63. The third-order valence-corrected chi connectivity index (χ3v) is 5.32. The van der Waals surface area contributed by atoms with Crippen molar-refractivity contribution in [2.75, 3.05) is 0 Å². The molecule has 1 saturated carbocycles. The van der Waals surface area contributed by atoms with E-state index in [0.29, 0.717) is 11.5 Å². The Kier molecular flexibility index (Phi) is 2.16. The molecular formula is C13H24N2. The lowest BCUT2D eigenvalue weighted by Crippen LogP contribution is -2.53. The second-order valence-corrected chi connectivity index (χ2v) is 6.39. The third-order valence-electron chi connectivity index (χ3n) is 5.32. The summed E-state index contributed by atoms with van der Waals surface area (Å²) in [6.45, 7) is 4.92. The Morgan fingerprint density at radius 3 is 2.20 bits per heavy atom. The van der Waals surface area contributed by atoms with E-state index in [1.165, 1.54) is 38.5 Å². The molecule has 3 fully saturated rings. The van der Waals surface area contributed by atoms with Gasteiger partial charge in [0.25, 0.3) is 0 Å². The molecule has 0 aromatic rings. The van der Waals surface area contributed by atoms with E-state index in [1.807, 2.05) is 0 Å². The number of hydrogen-bond donors (Lipinski definition) is 1. The molecule has 0 spiro atoms. The van der Waals surface area contributed by atoms with E-state index in [-0.39, 0.29) is 0 Å². The summed E-state index contributed by atoms with van der Waals surface area (Å²) in [7, 11) is 0. The maximum atomic E-state index is 6.12. The highest BCUT2D eigenvalue weighted by molar-refractivity contribution is 5.05. The summed E-state index contributed by atoms with van der Waals surface area (Å²) in [5.41, 5.74) is 6.76. The van der Waals surface area contributed by atoms with Crippen molar-refractivity contribution in [1.29, 1.82) is 0 Å². The van der Waals surface area contributed by atoms with E-state index >= 15 is 0 Å². The maximum Gasteiger partial charge on any atom is 0.0127 e. The van der Waals surface area contributed by atoms with Gasteiger partial charge in [-0.3, -0.25) is 4.90 Å². The highest BCUT2D eigenvalue weighted by Gasteiger charge is 2.51. The lowest BCUT2D eigenvalue weighted by atomic mass is 9.91. The molecule has 2 saturated heterocycles. The number of nitrogens with two attached hydrogens (primary N) is 1. The van der Waals surface area contributed by atoms with Crippen molar-refractivity contribution in [3.63, 3.8) is 0 Å². The zero-order valence-electron chi connectivity index (χ0n) is 10.1. The molecule has 1 aliphatic carbocycles. The van der Waals surface area contributed by atoms with Crippen LogP contribution in [0.15, 0.2) is 0 Å². The second kappa shape index (κ2) is 3.21. The van der Waals surface area contributed by atoms with Crippen molar-refractivity contribution < 1.29 is 0 Å². The van der Waals surface area contributed by atoms with Crippen LogP contribution in [0, 0.1) is 5.41 Å². The Hall–Kier alpha value is -0.0800. The van der Waals surface area contributed by atoms with Crippen molar-refractivity contribution in [3.8, 4) is 0 Å². The number of rotatable bonds is 2. The number of fused-ring (bicyclic) bond motifs is 2. The SMILES string of the molecule is CC(N1C2CCC1CC(N)C2)C1(C)CC1. The van der Waals surface area contributed by atoms with Gasteiger partial charge in [0.1, 0.15) is 0 Å². The Labute approximate surface area is 93.2 Å². The summed E-state index contributed by atoms with van der Waals surface area (Å²) in [6, 6.07) is 2.90. The minimum absolute atomic E-state index is 0.484. The maximum absolute atomic E-state index is 6.12. The monoisotopic (exact) mass is 208 g/mol. The Balaban J connectivity index is 1.76. The van der Waals surface area contributed by atoms with Crippen LogP contribution in [0.3, 0.4) is 0 Å². The van der Waals surface area contributed by atoms with Crippen LogP contribution >= 0.6 is 0 Å². The molecule has 2 heteroatoms. The van der Waals surface area contributed by atoms with Crippen LogP contribution in [0.25, 0.3) is 0 Å². The molecule has 0 aromatic heterocycles. The number of piperidine rings is 1. The molecule has 2 heterocycles. The molecule has 15 heavy (non-hydrogen) atoms. The highest BCUT2D eigenvalue weighted by atomic mass is 15.3. The molecule has 0 aromatic carbocycles. The molecule has 2 N–H and O–H groups in total. The first-order chi connectivity index (χ1) is 7.10. The number of hydrogen-bond acceptors (Lipinski definition) is 2. The van der Waals surface area contributed by atoms with Gasteiger partial charge in [-0.2, -0.15) is 0 Å². The fourth-order valence-electron chi connectivity index (χ4n) is 3.86. The fraction of sp³-hybridized carbons (Fsp3) is 1.00. The van der Waals surface area contributed by atoms with Gasteiger partial charge in [-0.05, 0) is 50.9 Å². The normalized spacial score (nSPS) is 45.4. The van der Waals surface area contributed by atoms with Gasteiger partial charge in [0.15, 0.2) is 0 Å². The van der Waals surface area contributed by atoms with Gasteiger partial charge in [-0.15, -0.1) is 0 Å². The van der Waals surface area contributed by atoms with Gasteiger partial charge in [0, 0.05) is 24.2 Å². The lowest BCUT2D eigenvalue weighted by Gasteiger charge is -2.44. The molecule has 2 aliphatic heterocycles. The van der Waals surface area contributed by atoms with E-state index in [2.05, 4.69) is 18.7 Å². The molecule has 3 aliphatic rings. The van der Waals surface area contributed by atoms with E-state index < -0.39 is 0 Å². The summed E-state index contributed by atoms with van der Waals surface area (Å²) < 4.78 is 0. The minimum Gasteiger partial charge on any atom is -0.328 e. The van der Waals surface area contributed by atoms with Gasteiger partial charge in [0.2, 0.25) is 0 Å². The predicted octanol–water partition coefficient (Wildman–Crippen LogP) is 2.13. The summed E-state index contributed by atoms with van der Waals surface area (Å²) in [5.74, 6) is 0. The molecule has 3 rings (SSSR count). The van der Waals surface area contributed by atoms with Crippen molar-refractivity contribution in [2.24, 2.45) is 11.1 Å². The van der Waals surface area contributed by atoms with Crippen LogP contribution in [0.1, 0.15) is 52.4 Å². The van der Waals surface area contributed by atoms with Gasteiger partial charge in [-0.25, -0.2) is 0 Å².